The number of aromatic nitrogens is 2. The summed E-state index contributed by atoms with van der Waals surface area (Å²) in [6, 6.07) is 17.2. The summed E-state index contributed by atoms with van der Waals surface area (Å²) < 4.78 is 28.1. The van der Waals surface area contributed by atoms with E-state index in [-0.39, 0.29) is 62.8 Å². The fourth-order valence-electron chi connectivity index (χ4n) is 10.1. The molecule has 5 aromatic rings. The molecule has 3 aliphatic heterocycles. The number of carbonyl (C=O) groups excluding carboxylic acids is 8. The molecule has 4 unspecified atom stereocenters. The Morgan fingerprint density at radius 3 is 2.33 bits per heavy atom. The predicted octanol–water partition coefficient (Wildman–Crippen LogP) is 1.53. The Morgan fingerprint density at radius 2 is 1.60 bits per heavy atom. The predicted molar refractivity (Wildman–Crippen MR) is 270 cm³/mol. The molecular formula is C53H53FN8O12S. The second kappa shape index (κ2) is 21.6. The molecule has 5 heterocycles. The first-order valence-electron chi connectivity index (χ1n) is 24.3. The normalized spacial score (nSPS) is 18.6. The number of esters is 1. The van der Waals surface area contributed by atoms with E-state index in [4.69, 9.17) is 14.5 Å². The van der Waals surface area contributed by atoms with Crippen molar-refractivity contribution in [3.05, 3.63) is 127 Å². The lowest BCUT2D eigenvalue weighted by molar-refractivity contribution is -0.157. The van der Waals surface area contributed by atoms with Crippen molar-refractivity contribution in [2.45, 2.75) is 88.3 Å². The van der Waals surface area contributed by atoms with E-state index in [1.807, 2.05) is 6.92 Å². The average Bonchev–Trinajstić information content (AvgIpc) is 3.89. The van der Waals surface area contributed by atoms with Crippen LogP contribution in [0.5, 0.6) is 0 Å². The molecule has 0 spiro atoms. The Balaban J connectivity index is 0.762. The Kier molecular flexibility index (Phi) is 15.0. The van der Waals surface area contributed by atoms with Gasteiger partial charge in [-0.15, -0.1) is 0 Å². The molecule has 0 radical (unpaired) electrons. The van der Waals surface area contributed by atoms with Crippen LogP contribution in [0.4, 0.5) is 10.1 Å². The highest BCUT2D eigenvalue weighted by molar-refractivity contribution is 7.82. The number of aryl methyl sites for hydroxylation is 2. The fraction of sp³-hybridized carbons (Fsp3) is 0.358. The van der Waals surface area contributed by atoms with Gasteiger partial charge >= 0.3 is 5.97 Å². The largest absolute Gasteiger partial charge is 0.458 e. The lowest BCUT2D eigenvalue weighted by atomic mass is 9.69. The van der Waals surface area contributed by atoms with E-state index in [2.05, 4.69) is 39.2 Å². The van der Waals surface area contributed by atoms with Crippen molar-refractivity contribution in [2.75, 3.05) is 37.9 Å². The van der Waals surface area contributed by atoms with E-state index in [9.17, 15) is 48.3 Å². The molecule has 390 valence electrons. The van der Waals surface area contributed by atoms with E-state index < -0.39 is 95.2 Å². The molecule has 7 amide bonds. The highest BCUT2D eigenvalue weighted by atomic mass is 32.1. The van der Waals surface area contributed by atoms with Gasteiger partial charge in [-0.05, 0) is 72.2 Å². The molecule has 0 saturated carbocycles. The number of fused-ring (bicyclic) bond motifs is 5. The number of thiol groups is 1. The number of anilines is 1. The van der Waals surface area contributed by atoms with E-state index in [1.54, 1.807) is 67.6 Å². The van der Waals surface area contributed by atoms with E-state index in [0.717, 1.165) is 32.5 Å². The van der Waals surface area contributed by atoms with Crippen molar-refractivity contribution in [1.29, 1.82) is 0 Å². The number of cyclic esters (lactones) is 1. The van der Waals surface area contributed by atoms with Crippen LogP contribution in [0.3, 0.4) is 0 Å². The van der Waals surface area contributed by atoms with Gasteiger partial charge in [-0.2, -0.15) is 12.6 Å². The molecule has 22 heteroatoms. The minimum absolute atomic E-state index is 0.0211. The Morgan fingerprint density at radius 1 is 0.893 bits per heavy atom. The number of rotatable bonds is 18. The summed E-state index contributed by atoms with van der Waals surface area (Å²) in [5, 5.41) is 23.4. The van der Waals surface area contributed by atoms with Gasteiger partial charge < -0.3 is 45.7 Å². The van der Waals surface area contributed by atoms with Gasteiger partial charge in [-0.3, -0.25) is 38.4 Å². The number of ether oxygens (including phenoxy) is 2. The zero-order valence-electron chi connectivity index (χ0n) is 40.9. The van der Waals surface area contributed by atoms with Crippen LogP contribution < -0.4 is 37.0 Å². The number of aliphatic hydroxyl groups is 1. The fourth-order valence-corrected chi connectivity index (χ4v) is 10.4. The lowest BCUT2D eigenvalue weighted by Gasteiger charge is -2.37. The standard InChI is InChI=1S/C53H53FN8O12S/c1-27-31-14-15-53(2,46-33-23-61-38(47(33)60-36(45(31)46)18-35(27)54)17-32-34(50(61)70)24-74-52(72)48(32)68)25-73-26-58-42(65)21-57-49(69)37(16-29-6-4-3-5-7-29)59-43(66)22-56-41(64)20-55-40(63)13-10-28-8-11-30(12-9-28)62-44(67)19-39(75)51(62)71/h3-9,11-12,17-18,37,39,48,68,75H,10,13-16,19-26H2,1-2H3,(H,55,63)(H,56,64)(H,57,69)(H,58,65)(H,59,66). The SMILES string of the molecule is Cc1c(F)cc2nc3c(c4c2c1CCC4(C)COCNC(=O)CNC(=O)C(Cc1ccccc1)NC(=O)CNC(=O)CNC(=O)CCc1ccc(N2C(=O)CC(S)C2=O)cc1)Cn1c-3cc2c(c1=O)COC(=O)C2O. The van der Waals surface area contributed by atoms with Crippen LogP contribution in [0, 0.1) is 12.7 Å². The number of nitrogens with one attached hydrogen (secondary N) is 5. The summed E-state index contributed by atoms with van der Waals surface area (Å²) in [6.45, 7) is 1.96. The molecule has 1 fully saturated rings. The number of amides is 7. The smallest absolute Gasteiger partial charge is 0.340 e. The Labute approximate surface area is 433 Å². The zero-order chi connectivity index (χ0) is 53.3. The summed E-state index contributed by atoms with van der Waals surface area (Å²) >= 11 is 4.14. The third-order valence-electron chi connectivity index (χ3n) is 14.1. The van der Waals surface area contributed by atoms with Crippen molar-refractivity contribution in [3.63, 3.8) is 0 Å². The highest BCUT2D eigenvalue weighted by Gasteiger charge is 2.42. The first-order chi connectivity index (χ1) is 35.9. The molecule has 4 atom stereocenters. The van der Waals surface area contributed by atoms with Crippen LogP contribution in [-0.4, -0.2) is 106 Å². The summed E-state index contributed by atoms with van der Waals surface area (Å²) in [5.41, 5.74) is 5.02. The molecule has 3 aromatic carbocycles. The third kappa shape index (κ3) is 10.8. The number of halogens is 1. The Hall–Kier alpha value is -7.82. The molecule has 0 bridgehead atoms. The van der Waals surface area contributed by atoms with Crippen molar-refractivity contribution in [2.24, 2.45) is 0 Å². The molecule has 1 aliphatic carbocycles. The highest BCUT2D eigenvalue weighted by Crippen LogP contribution is 2.48. The molecule has 75 heavy (non-hydrogen) atoms. The van der Waals surface area contributed by atoms with Gasteiger partial charge in [0, 0.05) is 47.3 Å². The number of nitrogens with zero attached hydrogens (tertiary/aromatic N) is 3. The monoisotopic (exact) mass is 1040 g/mol. The second-order valence-corrected chi connectivity index (χ2v) is 19.8. The number of hydrogen-bond acceptors (Lipinski definition) is 14. The number of imide groups is 1. The van der Waals surface area contributed by atoms with Gasteiger partial charge in [-0.1, -0.05) is 49.4 Å². The van der Waals surface area contributed by atoms with Gasteiger partial charge in [-0.25, -0.2) is 19.1 Å². The van der Waals surface area contributed by atoms with Crippen LogP contribution in [0.2, 0.25) is 0 Å². The van der Waals surface area contributed by atoms with Crippen LogP contribution in [0.15, 0.2) is 71.5 Å². The minimum atomic E-state index is -1.65. The first kappa shape index (κ1) is 52.1. The minimum Gasteiger partial charge on any atom is -0.458 e. The lowest BCUT2D eigenvalue weighted by Crippen LogP contribution is -2.52. The maximum absolute atomic E-state index is 15.4. The third-order valence-corrected chi connectivity index (χ3v) is 14.5. The maximum Gasteiger partial charge on any atom is 0.340 e. The first-order valence-corrected chi connectivity index (χ1v) is 24.8. The van der Waals surface area contributed by atoms with Crippen molar-refractivity contribution >= 4 is 76.5 Å². The van der Waals surface area contributed by atoms with Gasteiger partial charge in [0.1, 0.15) is 25.2 Å². The number of carbonyl (C=O) groups is 8. The van der Waals surface area contributed by atoms with E-state index in [1.165, 1.54) is 10.6 Å². The van der Waals surface area contributed by atoms with Crippen LogP contribution in [0.25, 0.3) is 22.3 Å². The van der Waals surface area contributed by atoms with Gasteiger partial charge in [0.25, 0.3) is 5.56 Å². The van der Waals surface area contributed by atoms with Crippen LogP contribution >= 0.6 is 12.6 Å². The quantitative estimate of drug-likeness (QED) is 0.0212. The van der Waals surface area contributed by atoms with Gasteiger partial charge in [0.2, 0.25) is 41.4 Å². The zero-order valence-corrected chi connectivity index (χ0v) is 41.8. The molecule has 1 saturated heterocycles. The van der Waals surface area contributed by atoms with E-state index >= 15 is 4.39 Å². The maximum atomic E-state index is 15.4. The molecular weight excluding hydrogens is 992 g/mol. The topological polar surface area (TPSA) is 274 Å². The van der Waals surface area contributed by atoms with Crippen LogP contribution in [-0.2, 0) is 85.7 Å². The molecule has 2 aromatic heterocycles. The summed E-state index contributed by atoms with van der Waals surface area (Å²) in [6.07, 6.45) is -0.211. The second-order valence-electron chi connectivity index (χ2n) is 19.2. The van der Waals surface area contributed by atoms with Crippen molar-refractivity contribution in [3.8, 4) is 11.4 Å². The van der Waals surface area contributed by atoms with E-state index in [0.29, 0.717) is 53.0 Å². The average molecular weight is 1050 g/mol. The van der Waals surface area contributed by atoms with Gasteiger partial charge in [0.05, 0.1) is 66.2 Å². The van der Waals surface area contributed by atoms with Gasteiger partial charge in [0.15, 0.2) is 6.10 Å². The number of aliphatic hydroxyl groups excluding tert-OH is 1. The summed E-state index contributed by atoms with van der Waals surface area (Å²) in [4.78, 5) is 121. The van der Waals surface area contributed by atoms with Crippen LogP contribution in [0.1, 0.15) is 76.8 Å². The number of pyridine rings is 2. The summed E-state index contributed by atoms with van der Waals surface area (Å²) in [7, 11) is 0. The Bertz CT molecular complexity index is 3260. The van der Waals surface area contributed by atoms with Crippen molar-refractivity contribution < 1.29 is 57.3 Å². The molecule has 4 aliphatic rings. The summed E-state index contributed by atoms with van der Waals surface area (Å²) in [5.74, 6) is -5.09. The molecule has 9 rings (SSSR count). The molecule has 20 nitrogen and oxygen atoms in total. The number of hydrogen-bond donors (Lipinski definition) is 7. The molecule has 6 N–H and O–H groups in total. The number of benzene rings is 3. The van der Waals surface area contributed by atoms with Crippen molar-refractivity contribution in [1.82, 2.24) is 36.1 Å².